The van der Waals surface area contributed by atoms with E-state index in [2.05, 4.69) is 63.9 Å². The van der Waals surface area contributed by atoms with Gasteiger partial charge in [-0.1, -0.05) is 54.6 Å². The summed E-state index contributed by atoms with van der Waals surface area (Å²) in [6, 6.07) is 10.3. The second-order valence-corrected chi connectivity index (χ2v) is 5.27. The predicted octanol–water partition coefficient (Wildman–Crippen LogP) is 3.93. The van der Waals surface area contributed by atoms with Gasteiger partial charge in [-0.05, 0) is 11.5 Å². The summed E-state index contributed by atoms with van der Waals surface area (Å²) in [5.74, 6) is 2.44. The van der Waals surface area contributed by atoms with Gasteiger partial charge in [0, 0.05) is 29.6 Å². The molecule has 2 unspecified atom stereocenters. The van der Waals surface area contributed by atoms with Crippen LogP contribution in [0.5, 0.6) is 0 Å². The summed E-state index contributed by atoms with van der Waals surface area (Å²) < 4.78 is 0. The molecule has 0 amide bonds. The van der Waals surface area contributed by atoms with E-state index < -0.39 is 0 Å². The number of aliphatic imine (C=N–C) groups is 1. The Bertz CT molecular complexity index is 799. The molecule has 0 saturated carbocycles. The SMILES string of the molecule is C1=CC2C=CN=C(Nc3cc4ccccc4cn3)C2C=C1. The summed E-state index contributed by atoms with van der Waals surface area (Å²) in [4.78, 5) is 8.97. The maximum atomic E-state index is 4.49. The van der Waals surface area contributed by atoms with Crippen LogP contribution < -0.4 is 5.32 Å². The molecule has 0 fully saturated rings. The van der Waals surface area contributed by atoms with Crippen LogP contribution in [-0.2, 0) is 0 Å². The van der Waals surface area contributed by atoms with E-state index in [4.69, 9.17) is 0 Å². The Morgan fingerprint density at radius 2 is 1.81 bits per heavy atom. The van der Waals surface area contributed by atoms with E-state index in [-0.39, 0.29) is 5.92 Å². The van der Waals surface area contributed by atoms with Crippen molar-refractivity contribution in [2.24, 2.45) is 16.8 Å². The highest BCUT2D eigenvalue weighted by Gasteiger charge is 2.24. The molecule has 0 radical (unpaired) electrons. The van der Waals surface area contributed by atoms with Crippen LogP contribution in [0.3, 0.4) is 0 Å². The minimum Gasteiger partial charge on any atom is -0.328 e. The van der Waals surface area contributed by atoms with E-state index in [1.807, 2.05) is 24.5 Å². The topological polar surface area (TPSA) is 37.3 Å². The number of pyridine rings is 1. The fourth-order valence-corrected chi connectivity index (χ4v) is 2.79. The first-order chi connectivity index (χ1) is 10.4. The van der Waals surface area contributed by atoms with Crippen molar-refractivity contribution in [1.82, 2.24) is 4.98 Å². The lowest BCUT2D eigenvalue weighted by atomic mass is 9.86. The second kappa shape index (κ2) is 5.02. The molecule has 4 rings (SSSR count). The van der Waals surface area contributed by atoms with Gasteiger partial charge in [-0.3, -0.25) is 0 Å². The van der Waals surface area contributed by atoms with Crippen molar-refractivity contribution in [1.29, 1.82) is 0 Å². The highest BCUT2D eigenvalue weighted by atomic mass is 15.1. The van der Waals surface area contributed by atoms with Crippen molar-refractivity contribution < 1.29 is 0 Å². The van der Waals surface area contributed by atoms with Crippen LogP contribution in [0.2, 0.25) is 0 Å². The number of aromatic nitrogens is 1. The third-order valence-corrected chi connectivity index (χ3v) is 3.90. The van der Waals surface area contributed by atoms with Crippen LogP contribution in [0.25, 0.3) is 10.8 Å². The standard InChI is InChI=1S/C18H15N3/c1-2-7-15-12-20-17(11-14(15)6-1)21-18-16-8-4-3-5-13(16)9-10-19-18/h1-13,16H,(H,19,20,21). The van der Waals surface area contributed by atoms with Crippen LogP contribution in [-0.4, -0.2) is 10.8 Å². The van der Waals surface area contributed by atoms with Gasteiger partial charge in [0.1, 0.15) is 11.7 Å². The lowest BCUT2D eigenvalue weighted by molar-refractivity contribution is 0.689. The quantitative estimate of drug-likeness (QED) is 0.854. The van der Waals surface area contributed by atoms with Gasteiger partial charge in [0.15, 0.2) is 0 Å². The Balaban J connectivity index is 1.65. The molecular weight excluding hydrogens is 258 g/mol. The van der Waals surface area contributed by atoms with Gasteiger partial charge in [-0.15, -0.1) is 0 Å². The van der Waals surface area contributed by atoms with Gasteiger partial charge in [-0.2, -0.15) is 0 Å². The van der Waals surface area contributed by atoms with Crippen LogP contribution in [0.1, 0.15) is 0 Å². The molecule has 2 atom stereocenters. The summed E-state index contributed by atoms with van der Waals surface area (Å²) in [5, 5.41) is 5.70. The second-order valence-electron chi connectivity index (χ2n) is 5.27. The van der Waals surface area contributed by atoms with Crippen LogP contribution in [0, 0.1) is 11.8 Å². The fourth-order valence-electron chi connectivity index (χ4n) is 2.79. The number of benzene rings is 1. The lowest BCUT2D eigenvalue weighted by Crippen LogP contribution is -2.29. The molecule has 102 valence electrons. The zero-order valence-corrected chi connectivity index (χ0v) is 11.5. The largest absolute Gasteiger partial charge is 0.328 e. The van der Waals surface area contributed by atoms with E-state index in [0.717, 1.165) is 17.0 Å². The molecule has 1 N–H and O–H groups in total. The summed E-state index contributed by atoms with van der Waals surface area (Å²) in [7, 11) is 0. The first-order valence-corrected chi connectivity index (χ1v) is 7.11. The van der Waals surface area contributed by atoms with E-state index >= 15 is 0 Å². The van der Waals surface area contributed by atoms with Crippen molar-refractivity contribution >= 4 is 22.4 Å². The molecule has 0 spiro atoms. The number of allylic oxidation sites excluding steroid dienone is 4. The number of fused-ring (bicyclic) bond motifs is 2. The minimum absolute atomic E-state index is 0.272. The number of hydrogen-bond donors (Lipinski definition) is 1. The Morgan fingerprint density at radius 1 is 0.952 bits per heavy atom. The number of nitrogens with one attached hydrogen (secondary N) is 1. The van der Waals surface area contributed by atoms with Crippen LogP contribution >= 0.6 is 0 Å². The molecule has 1 aliphatic carbocycles. The Kier molecular flexibility index (Phi) is 2.89. The summed E-state index contributed by atoms with van der Waals surface area (Å²) in [5.41, 5.74) is 0. The van der Waals surface area contributed by atoms with Crippen molar-refractivity contribution in [3.63, 3.8) is 0 Å². The van der Waals surface area contributed by atoms with Gasteiger partial charge in [0.05, 0.1) is 0 Å². The Hall–Kier alpha value is -2.68. The highest BCUT2D eigenvalue weighted by molar-refractivity contribution is 6.00. The summed E-state index contributed by atoms with van der Waals surface area (Å²) in [6.45, 7) is 0. The molecule has 0 bridgehead atoms. The molecule has 1 aliphatic heterocycles. The average molecular weight is 273 g/mol. The molecule has 21 heavy (non-hydrogen) atoms. The molecular formula is C18H15N3. The molecule has 1 aromatic heterocycles. The highest BCUT2D eigenvalue weighted by Crippen LogP contribution is 2.26. The number of nitrogens with zero attached hydrogens (tertiary/aromatic N) is 2. The monoisotopic (exact) mass is 273 g/mol. The molecule has 0 saturated heterocycles. The van der Waals surface area contributed by atoms with Gasteiger partial charge in [0.25, 0.3) is 0 Å². The van der Waals surface area contributed by atoms with Gasteiger partial charge in [-0.25, -0.2) is 9.98 Å². The fraction of sp³-hybridized carbons (Fsp3) is 0.111. The van der Waals surface area contributed by atoms with Gasteiger partial charge in [0.2, 0.25) is 0 Å². The van der Waals surface area contributed by atoms with E-state index in [1.165, 1.54) is 5.39 Å². The Morgan fingerprint density at radius 3 is 2.76 bits per heavy atom. The maximum Gasteiger partial charge on any atom is 0.131 e. The number of amidine groups is 1. The van der Waals surface area contributed by atoms with Crippen LogP contribution in [0.15, 0.2) is 78.1 Å². The number of rotatable bonds is 1. The summed E-state index contributed by atoms with van der Waals surface area (Å²) >= 11 is 0. The van der Waals surface area contributed by atoms with E-state index in [9.17, 15) is 0 Å². The molecule has 3 heteroatoms. The van der Waals surface area contributed by atoms with E-state index in [1.54, 1.807) is 0 Å². The number of anilines is 1. The van der Waals surface area contributed by atoms with Crippen molar-refractivity contribution in [2.45, 2.75) is 0 Å². The van der Waals surface area contributed by atoms with Crippen LogP contribution in [0.4, 0.5) is 5.82 Å². The molecule has 2 aliphatic rings. The minimum atomic E-state index is 0.272. The normalized spacial score (nSPS) is 23.0. The zero-order chi connectivity index (χ0) is 14.1. The summed E-state index contributed by atoms with van der Waals surface area (Å²) in [6.07, 6.45) is 14.4. The van der Waals surface area contributed by atoms with E-state index in [0.29, 0.717) is 5.92 Å². The molecule has 3 nitrogen and oxygen atoms in total. The third-order valence-electron chi connectivity index (χ3n) is 3.90. The predicted molar refractivity (Wildman–Crippen MR) is 87.2 cm³/mol. The van der Waals surface area contributed by atoms with Crippen molar-refractivity contribution in [2.75, 3.05) is 5.32 Å². The third kappa shape index (κ3) is 2.27. The first-order valence-electron chi connectivity index (χ1n) is 7.11. The maximum absolute atomic E-state index is 4.49. The van der Waals surface area contributed by atoms with Crippen molar-refractivity contribution in [3.05, 3.63) is 73.1 Å². The Labute approximate surface area is 123 Å². The molecule has 2 heterocycles. The smallest absolute Gasteiger partial charge is 0.131 e. The molecule has 2 aromatic rings. The van der Waals surface area contributed by atoms with Crippen molar-refractivity contribution in [3.8, 4) is 0 Å². The van der Waals surface area contributed by atoms with Gasteiger partial charge >= 0.3 is 0 Å². The average Bonchev–Trinajstić information content (AvgIpc) is 2.55. The number of hydrogen-bond acceptors (Lipinski definition) is 3. The van der Waals surface area contributed by atoms with Gasteiger partial charge < -0.3 is 5.32 Å². The lowest BCUT2D eigenvalue weighted by Gasteiger charge is -2.26. The molecule has 1 aromatic carbocycles. The zero-order valence-electron chi connectivity index (χ0n) is 11.5. The first kappa shape index (κ1) is 12.1.